The van der Waals surface area contributed by atoms with Gasteiger partial charge in [0, 0.05) is 12.4 Å². The van der Waals surface area contributed by atoms with Gasteiger partial charge in [0.1, 0.15) is 0 Å². The van der Waals surface area contributed by atoms with Crippen molar-refractivity contribution >= 4 is 11.8 Å². The Morgan fingerprint density at radius 2 is 2.38 bits per heavy atom. The second-order valence-electron chi connectivity index (χ2n) is 1.24. The van der Waals surface area contributed by atoms with Crippen LogP contribution in [0.1, 0.15) is 6.92 Å². The average Bonchev–Trinajstić information content (AvgIpc) is 1.81. The van der Waals surface area contributed by atoms with Crippen molar-refractivity contribution in [3.8, 4) is 0 Å². The van der Waals surface area contributed by atoms with E-state index in [1.54, 1.807) is 11.8 Å². The molecule has 0 aromatic carbocycles. The van der Waals surface area contributed by atoms with E-state index in [0.717, 1.165) is 12.4 Å². The van der Waals surface area contributed by atoms with Crippen LogP contribution in [-0.4, -0.2) is 30.0 Å². The van der Waals surface area contributed by atoms with Crippen LogP contribution < -0.4 is 0 Å². The number of aliphatic hydroxyl groups is 1. The summed E-state index contributed by atoms with van der Waals surface area (Å²) in [5, 5.41) is 8.29. The fraction of sp³-hybridized carbons (Fsp3) is 1.00. The molecule has 0 rings (SSSR count). The summed E-state index contributed by atoms with van der Waals surface area (Å²) in [7, 11) is 0. The molecule has 0 bridgehead atoms. The molecule has 8 heavy (non-hydrogen) atoms. The number of ether oxygens (including phenoxy) is 1. The van der Waals surface area contributed by atoms with Crippen LogP contribution in [0.5, 0.6) is 0 Å². The summed E-state index contributed by atoms with van der Waals surface area (Å²) in [5.74, 6) is 1.48. The van der Waals surface area contributed by atoms with Crippen molar-refractivity contribution in [3.63, 3.8) is 0 Å². The van der Waals surface area contributed by atoms with Gasteiger partial charge >= 0.3 is 0 Å². The third-order valence-corrected chi connectivity index (χ3v) is 1.41. The van der Waals surface area contributed by atoms with Crippen LogP contribution in [0.3, 0.4) is 0 Å². The Labute approximate surface area is 54.2 Å². The van der Waals surface area contributed by atoms with Crippen molar-refractivity contribution in [1.29, 1.82) is 0 Å². The molecule has 1 N–H and O–H groups in total. The molecule has 0 aromatic heterocycles. The van der Waals surface area contributed by atoms with Crippen molar-refractivity contribution in [2.24, 2.45) is 0 Å². The molecule has 50 valence electrons. The first-order chi connectivity index (χ1) is 3.91. The zero-order valence-corrected chi connectivity index (χ0v) is 5.91. The molecule has 0 spiro atoms. The molecule has 0 aliphatic rings. The minimum absolute atomic E-state index is 0.248. The van der Waals surface area contributed by atoms with Crippen LogP contribution in [0, 0.1) is 0 Å². The SMILES string of the molecule is CCOCSCCO. The molecule has 0 fully saturated rings. The summed E-state index contributed by atoms with van der Waals surface area (Å²) in [6.45, 7) is 2.97. The van der Waals surface area contributed by atoms with Gasteiger partial charge in [0.25, 0.3) is 0 Å². The number of rotatable bonds is 5. The molecule has 0 unspecified atom stereocenters. The Hall–Kier alpha value is 0.270. The second kappa shape index (κ2) is 7.27. The normalized spacial score (nSPS) is 9.75. The van der Waals surface area contributed by atoms with Crippen molar-refractivity contribution < 1.29 is 9.84 Å². The standard InChI is InChI=1S/C5H12O2S/c1-2-7-5-8-4-3-6/h6H,2-5H2,1H3. The molecule has 0 saturated heterocycles. The topological polar surface area (TPSA) is 29.5 Å². The van der Waals surface area contributed by atoms with Gasteiger partial charge in [-0.2, -0.15) is 0 Å². The van der Waals surface area contributed by atoms with Gasteiger partial charge < -0.3 is 9.84 Å². The second-order valence-corrected chi connectivity index (χ2v) is 2.29. The molecule has 0 amide bonds. The Morgan fingerprint density at radius 3 is 2.88 bits per heavy atom. The van der Waals surface area contributed by atoms with Gasteiger partial charge in [0.05, 0.1) is 12.5 Å². The van der Waals surface area contributed by atoms with Crippen LogP contribution >= 0.6 is 11.8 Å². The summed E-state index contributed by atoms with van der Waals surface area (Å²) in [4.78, 5) is 0. The Kier molecular flexibility index (Phi) is 7.52. The van der Waals surface area contributed by atoms with Crippen LogP contribution in [0.15, 0.2) is 0 Å². The molecule has 0 heterocycles. The van der Waals surface area contributed by atoms with Crippen LogP contribution in [0.2, 0.25) is 0 Å². The summed E-state index contributed by atoms with van der Waals surface area (Å²) in [6, 6.07) is 0. The van der Waals surface area contributed by atoms with E-state index in [0.29, 0.717) is 5.94 Å². The first-order valence-electron chi connectivity index (χ1n) is 2.68. The number of hydrogen-bond acceptors (Lipinski definition) is 3. The highest BCUT2D eigenvalue weighted by Crippen LogP contribution is 1.97. The van der Waals surface area contributed by atoms with E-state index < -0.39 is 0 Å². The predicted molar refractivity (Wildman–Crippen MR) is 36.0 cm³/mol. The van der Waals surface area contributed by atoms with Gasteiger partial charge in [-0.15, -0.1) is 11.8 Å². The van der Waals surface area contributed by atoms with Crippen LogP contribution in [0.25, 0.3) is 0 Å². The number of thioether (sulfide) groups is 1. The van der Waals surface area contributed by atoms with Gasteiger partial charge in [-0.05, 0) is 6.92 Å². The van der Waals surface area contributed by atoms with Gasteiger partial charge in [-0.1, -0.05) is 0 Å². The third kappa shape index (κ3) is 6.27. The van der Waals surface area contributed by atoms with Crippen LogP contribution in [0.4, 0.5) is 0 Å². The fourth-order valence-electron chi connectivity index (χ4n) is 0.266. The summed E-state index contributed by atoms with van der Waals surface area (Å²) in [6.07, 6.45) is 0. The van der Waals surface area contributed by atoms with E-state index in [1.807, 2.05) is 6.92 Å². The maximum absolute atomic E-state index is 8.29. The number of aliphatic hydroxyl groups excluding tert-OH is 1. The van der Waals surface area contributed by atoms with Gasteiger partial charge in [-0.3, -0.25) is 0 Å². The summed E-state index contributed by atoms with van der Waals surface area (Å²) in [5.41, 5.74) is 0. The highest BCUT2D eigenvalue weighted by molar-refractivity contribution is 7.99. The molecule has 0 aliphatic carbocycles. The van der Waals surface area contributed by atoms with Gasteiger partial charge in [0.15, 0.2) is 0 Å². The maximum atomic E-state index is 8.29. The van der Waals surface area contributed by atoms with Gasteiger partial charge in [0.2, 0.25) is 0 Å². The van der Waals surface area contributed by atoms with Crippen LogP contribution in [-0.2, 0) is 4.74 Å². The lowest BCUT2D eigenvalue weighted by molar-refractivity contribution is 0.198. The molecule has 0 radical (unpaired) electrons. The van der Waals surface area contributed by atoms with E-state index >= 15 is 0 Å². The molecule has 0 atom stereocenters. The zero-order valence-electron chi connectivity index (χ0n) is 5.09. The summed E-state index contributed by atoms with van der Waals surface area (Å²) < 4.78 is 4.99. The van der Waals surface area contributed by atoms with E-state index in [1.165, 1.54) is 0 Å². The Bertz CT molecular complexity index is 35.4. The molecule has 0 saturated carbocycles. The third-order valence-electron chi connectivity index (χ3n) is 0.606. The Morgan fingerprint density at radius 1 is 1.62 bits per heavy atom. The van der Waals surface area contributed by atoms with Crippen molar-refractivity contribution in [1.82, 2.24) is 0 Å². The molecular formula is C5H12O2S. The smallest absolute Gasteiger partial charge is 0.0921 e. The largest absolute Gasteiger partial charge is 0.396 e. The highest BCUT2D eigenvalue weighted by Gasteiger charge is 1.82. The average molecular weight is 136 g/mol. The van der Waals surface area contributed by atoms with E-state index in [-0.39, 0.29) is 6.61 Å². The maximum Gasteiger partial charge on any atom is 0.0921 e. The lowest BCUT2D eigenvalue weighted by atomic mass is 10.9. The van der Waals surface area contributed by atoms with E-state index in [9.17, 15) is 0 Å². The van der Waals surface area contributed by atoms with Crippen molar-refractivity contribution in [2.45, 2.75) is 6.92 Å². The molecule has 0 aliphatic heterocycles. The van der Waals surface area contributed by atoms with Crippen molar-refractivity contribution in [2.75, 3.05) is 24.9 Å². The molecular weight excluding hydrogens is 124 g/mol. The Balaban J connectivity index is 2.53. The summed E-state index contributed by atoms with van der Waals surface area (Å²) >= 11 is 1.61. The monoisotopic (exact) mass is 136 g/mol. The predicted octanol–water partition coefficient (Wildman–Crippen LogP) is 0.706. The number of hydrogen-bond donors (Lipinski definition) is 1. The van der Waals surface area contributed by atoms with Crippen molar-refractivity contribution in [3.05, 3.63) is 0 Å². The molecule has 3 heteroatoms. The van der Waals surface area contributed by atoms with E-state index in [4.69, 9.17) is 9.84 Å². The minimum atomic E-state index is 0.248. The fourth-order valence-corrected chi connectivity index (χ4v) is 0.797. The van der Waals surface area contributed by atoms with E-state index in [2.05, 4.69) is 0 Å². The molecule has 0 aromatic rings. The first-order valence-corrected chi connectivity index (χ1v) is 3.83. The highest BCUT2D eigenvalue weighted by atomic mass is 32.2. The first kappa shape index (κ1) is 8.27. The quantitative estimate of drug-likeness (QED) is 0.446. The zero-order chi connectivity index (χ0) is 6.24. The minimum Gasteiger partial charge on any atom is -0.396 e. The lowest BCUT2D eigenvalue weighted by Gasteiger charge is -1.96. The van der Waals surface area contributed by atoms with Gasteiger partial charge in [-0.25, -0.2) is 0 Å². The molecule has 2 nitrogen and oxygen atoms in total. The lowest BCUT2D eigenvalue weighted by Crippen LogP contribution is -1.92.